The molecule has 1 aromatic heterocycles. The normalized spacial score (nSPS) is 12.0. The van der Waals surface area contributed by atoms with E-state index < -0.39 is 0 Å². The highest BCUT2D eigenvalue weighted by Crippen LogP contribution is 2.32. The van der Waals surface area contributed by atoms with Crippen LogP contribution in [-0.2, 0) is 4.79 Å². The van der Waals surface area contributed by atoms with E-state index in [-0.39, 0.29) is 11.2 Å². The Labute approximate surface area is 174 Å². The summed E-state index contributed by atoms with van der Waals surface area (Å²) in [4.78, 5) is 17.5. The number of halogens is 1. The standard InChI is InChI=1S/C22H23ClN2O2S/c1-5-19(22(26)24-15-10-9-13(2)17(23)12-15)28-20-11-14(3)16-7-6-8-18(27-4)21(16)25-20/h6-12,19H,5H2,1-4H3,(H,24,26). The lowest BCUT2D eigenvalue weighted by atomic mass is 10.1. The van der Waals surface area contributed by atoms with Gasteiger partial charge in [0.2, 0.25) is 5.91 Å². The minimum absolute atomic E-state index is 0.0630. The van der Waals surface area contributed by atoms with Crippen molar-refractivity contribution in [2.75, 3.05) is 12.4 Å². The number of aryl methyl sites for hydroxylation is 2. The second-order valence-corrected chi connectivity index (χ2v) is 8.23. The number of fused-ring (bicyclic) bond motifs is 1. The highest BCUT2D eigenvalue weighted by atomic mass is 35.5. The van der Waals surface area contributed by atoms with E-state index in [0.29, 0.717) is 17.1 Å². The van der Waals surface area contributed by atoms with Gasteiger partial charge in [-0.1, -0.05) is 48.5 Å². The molecule has 146 valence electrons. The molecule has 0 saturated carbocycles. The van der Waals surface area contributed by atoms with Crippen LogP contribution in [0.3, 0.4) is 0 Å². The van der Waals surface area contributed by atoms with Crippen LogP contribution in [0.2, 0.25) is 5.02 Å². The zero-order chi connectivity index (χ0) is 20.3. The van der Waals surface area contributed by atoms with Crippen LogP contribution in [0.15, 0.2) is 47.5 Å². The lowest BCUT2D eigenvalue weighted by Crippen LogP contribution is -2.24. The van der Waals surface area contributed by atoms with Crippen molar-refractivity contribution in [2.24, 2.45) is 0 Å². The van der Waals surface area contributed by atoms with Gasteiger partial charge in [0.15, 0.2) is 0 Å². The number of nitrogens with zero attached hydrogens (tertiary/aromatic N) is 1. The van der Waals surface area contributed by atoms with Crippen molar-refractivity contribution in [3.05, 3.63) is 58.6 Å². The van der Waals surface area contributed by atoms with E-state index in [0.717, 1.165) is 32.8 Å². The number of methoxy groups -OCH3 is 1. The van der Waals surface area contributed by atoms with E-state index in [1.807, 2.05) is 57.2 Å². The summed E-state index contributed by atoms with van der Waals surface area (Å²) < 4.78 is 5.45. The average molecular weight is 415 g/mol. The molecule has 0 aliphatic carbocycles. The topological polar surface area (TPSA) is 51.2 Å². The SMILES string of the molecule is CCC(Sc1cc(C)c2cccc(OC)c2n1)C(=O)Nc1ccc(C)c(Cl)c1. The molecule has 0 bridgehead atoms. The maximum absolute atomic E-state index is 12.8. The Balaban J connectivity index is 1.83. The quantitative estimate of drug-likeness (QED) is 0.501. The summed E-state index contributed by atoms with van der Waals surface area (Å²) in [6.45, 7) is 5.97. The fourth-order valence-corrected chi connectivity index (χ4v) is 4.14. The molecule has 6 heteroatoms. The Hall–Kier alpha value is -2.24. The third kappa shape index (κ3) is 4.42. The zero-order valence-electron chi connectivity index (χ0n) is 16.4. The van der Waals surface area contributed by atoms with Crippen LogP contribution in [-0.4, -0.2) is 23.3 Å². The van der Waals surface area contributed by atoms with Gasteiger partial charge in [-0.3, -0.25) is 4.79 Å². The molecule has 0 radical (unpaired) electrons. The lowest BCUT2D eigenvalue weighted by Gasteiger charge is -2.16. The van der Waals surface area contributed by atoms with Crippen LogP contribution >= 0.6 is 23.4 Å². The first-order valence-corrected chi connectivity index (χ1v) is 10.4. The Kier molecular flexibility index (Phi) is 6.47. The van der Waals surface area contributed by atoms with Crippen molar-refractivity contribution in [3.8, 4) is 5.75 Å². The molecule has 1 N–H and O–H groups in total. The van der Waals surface area contributed by atoms with Gasteiger partial charge in [0.1, 0.15) is 11.3 Å². The molecule has 0 saturated heterocycles. The molecule has 0 spiro atoms. The van der Waals surface area contributed by atoms with Crippen molar-refractivity contribution in [2.45, 2.75) is 37.5 Å². The maximum atomic E-state index is 12.8. The highest BCUT2D eigenvalue weighted by molar-refractivity contribution is 8.00. The third-order valence-electron chi connectivity index (χ3n) is 4.57. The summed E-state index contributed by atoms with van der Waals surface area (Å²) in [5, 5.41) is 5.19. The van der Waals surface area contributed by atoms with Gasteiger partial charge in [-0.15, -0.1) is 0 Å². The molecule has 1 unspecified atom stereocenters. The Morgan fingerprint density at radius 3 is 2.68 bits per heavy atom. The largest absolute Gasteiger partial charge is 0.494 e. The van der Waals surface area contributed by atoms with E-state index in [9.17, 15) is 4.79 Å². The second kappa shape index (κ2) is 8.84. The van der Waals surface area contributed by atoms with E-state index in [1.54, 1.807) is 13.2 Å². The molecule has 1 heterocycles. The van der Waals surface area contributed by atoms with Crippen molar-refractivity contribution < 1.29 is 9.53 Å². The molecule has 0 fully saturated rings. The summed E-state index contributed by atoms with van der Waals surface area (Å²) in [5.74, 6) is 0.668. The molecule has 1 atom stereocenters. The summed E-state index contributed by atoms with van der Waals surface area (Å²) in [5.41, 5.74) is 3.59. The lowest BCUT2D eigenvalue weighted by molar-refractivity contribution is -0.115. The van der Waals surface area contributed by atoms with Crippen LogP contribution < -0.4 is 10.1 Å². The number of benzene rings is 2. The first-order chi connectivity index (χ1) is 13.4. The van der Waals surface area contributed by atoms with Crippen LogP contribution in [0.1, 0.15) is 24.5 Å². The summed E-state index contributed by atoms with van der Waals surface area (Å²) in [7, 11) is 1.64. The minimum Gasteiger partial charge on any atom is -0.494 e. The minimum atomic E-state index is -0.265. The number of amides is 1. The number of hydrogen-bond acceptors (Lipinski definition) is 4. The third-order valence-corrected chi connectivity index (χ3v) is 6.26. The van der Waals surface area contributed by atoms with Crippen LogP contribution in [0.25, 0.3) is 10.9 Å². The van der Waals surface area contributed by atoms with Gasteiger partial charge in [-0.2, -0.15) is 0 Å². The number of nitrogens with one attached hydrogen (secondary N) is 1. The molecule has 3 rings (SSSR count). The predicted octanol–water partition coefficient (Wildman–Crippen LogP) is 6.02. The molecule has 3 aromatic rings. The number of rotatable bonds is 6. The van der Waals surface area contributed by atoms with Crippen molar-refractivity contribution in [1.29, 1.82) is 0 Å². The number of ether oxygens (including phenoxy) is 1. The van der Waals surface area contributed by atoms with E-state index in [1.165, 1.54) is 11.8 Å². The number of anilines is 1. The fraction of sp³-hybridized carbons (Fsp3) is 0.273. The second-order valence-electron chi connectivity index (χ2n) is 6.60. The van der Waals surface area contributed by atoms with Gasteiger partial charge in [0.05, 0.1) is 17.4 Å². The molecule has 28 heavy (non-hydrogen) atoms. The van der Waals surface area contributed by atoms with E-state index in [4.69, 9.17) is 21.3 Å². The summed E-state index contributed by atoms with van der Waals surface area (Å²) in [6.07, 6.45) is 0.681. The number of thioether (sulfide) groups is 1. The maximum Gasteiger partial charge on any atom is 0.237 e. The van der Waals surface area contributed by atoms with Gasteiger partial charge >= 0.3 is 0 Å². The number of carbonyl (C=O) groups excluding carboxylic acids is 1. The molecular formula is C22H23ClN2O2S. The molecule has 4 nitrogen and oxygen atoms in total. The van der Waals surface area contributed by atoms with Gasteiger partial charge in [-0.05, 0) is 55.7 Å². The van der Waals surface area contributed by atoms with Crippen LogP contribution in [0.5, 0.6) is 5.75 Å². The van der Waals surface area contributed by atoms with Crippen LogP contribution in [0.4, 0.5) is 5.69 Å². The zero-order valence-corrected chi connectivity index (χ0v) is 17.9. The number of aromatic nitrogens is 1. The number of carbonyl (C=O) groups is 1. The Morgan fingerprint density at radius 2 is 2.00 bits per heavy atom. The van der Waals surface area contributed by atoms with Crippen molar-refractivity contribution in [1.82, 2.24) is 4.98 Å². The highest BCUT2D eigenvalue weighted by Gasteiger charge is 2.20. The van der Waals surface area contributed by atoms with E-state index >= 15 is 0 Å². The molecular weight excluding hydrogens is 392 g/mol. The molecule has 0 aliphatic rings. The number of para-hydroxylation sites is 1. The van der Waals surface area contributed by atoms with E-state index in [2.05, 4.69) is 5.32 Å². The molecule has 1 amide bonds. The monoisotopic (exact) mass is 414 g/mol. The molecule has 2 aromatic carbocycles. The van der Waals surface area contributed by atoms with Crippen LogP contribution in [0, 0.1) is 13.8 Å². The Morgan fingerprint density at radius 1 is 1.21 bits per heavy atom. The van der Waals surface area contributed by atoms with Crippen molar-refractivity contribution >= 4 is 45.9 Å². The summed E-state index contributed by atoms with van der Waals surface area (Å²) in [6, 6.07) is 13.4. The van der Waals surface area contributed by atoms with Gasteiger partial charge < -0.3 is 10.1 Å². The fourth-order valence-electron chi connectivity index (χ4n) is 2.95. The smallest absolute Gasteiger partial charge is 0.237 e. The predicted molar refractivity (Wildman–Crippen MR) is 118 cm³/mol. The van der Waals surface area contributed by atoms with Crippen molar-refractivity contribution in [3.63, 3.8) is 0 Å². The Bertz CT molecular complexity index is 1020. The number of hydrogen-bond donors (Lipinski definition) is 1. The summed E-state index contributed by atoms with van der Waals surface area (Å²) >= 11 is 7.62. The van der Waals surface area contributed by atoms with Gasteiger partial charge in [-0.25, -0.2) is 4.98 Å². The number of pyridine rings is 1. The van der Waals surface area contributed by atoms with Gasteiger partial charge in [0, 0.05) is 16.1 Å². The first-order valence-electron chi connectivity index (χ1n) is 9.11. The average Bonchev–Trinajstić information content (AvgIpc) is 2.68. The van der Waals surface area contributed by atoms with Gasteiger partial charge in [0.25, 0.3) is 0 Å². The molecule has 0 aliphatic heterocycles. The first kappa shape index (κ1) is 20.5.